The Morgan fingerprint density at radius 2 is 2.03 bits per heavy atom. The smallest absolute Gasteiger partial charge is 0.274 e. The summed E-state index contributed by atoms with van der Waals surface area (Å²) in [6.45, 7) is 5.66. The van der Waals surface area contributed by atoms with Gasteiger partial charge in [-0.2, -0.15) is 0 Å². The number of aromatic nitrogens is 4. The third kappa shape index (κ3) is 4.25. The van der Waals surface area contributed by atoms with E-state index in [0.29, 0.717) is 24.0 Å². The first-order valence-corrected chi connectivity index (χ1v) is 11.2. The summed E-state index contributed by atoms with van der Waals surface area (Å²) < 4.78 is 34.0. The van der Waals surface area contributed by atoms with Crippen molar-refractivity contribution in [3.05, 3.63) is 58.9 Å². The predicted octanol–water partition coefficient (Wildman–Crippen LogP) is 4.49. The molecule has 3 aromatic rings. The van der Waals surface area contributed by atoms with Gasteiger partial charge < -0.3 is 15.2 Å². The average molecular weight is 453 g/mol. The number of anilines is 1. The molecular weight excluding hydrogens is 426 g/mol. The second-order valence-electron chi connectivity index (χ2n) is 8.90. The van der Waals surface area contributed by atoms with Gasteiger partial charge in [-0.25, -0.2) is 18.7 Å². The molecule has 3 aromatic heterocycles. The van der Waals surface area contributed by atoms with E-state index in [-0.39, 0.29) is 17.3 Å². The van der Waals surface area contributed by atoms with E-state index in [9.17, 15) is 8.78 Å². The van der Waals surface area contributed by atoms with Gasteiger partial charge in [0.05, 0.1) is 33.9 Å². The van der Waals surface area contributed by atoms with Gasteiger partial charge in [0.1, 0.15) is 6.26 Å². The molecule has 7 nitrogen and oxygen atoms in total. The highest BCUT2D eigenvalue weighted by molar-refractivity contribution is 5.85. The molecule has 5 rings (SSSR count). The van der Waals surface area contributed by atoms with Gasteiger partial charge in [-0.05, 0) is 32.8 Å². The summed E-state index contributed by atoms with van der Waals surface area (Å²) in [4.78, 5) is 13.5. The van der Waals surface area contributed by atoms with Crippen molar-refractivity contribution in [3.63, 3.8) is 0 Å². The van der Waals surface area contributed by atoms with Crippen molar-refractivity contribution in [2.75, 3.05) is 11.9 Å². The number of hydrogen-bond donors (Lipinski definition) is 2. The molecule has 0 unspecified atom stereocenters. The van der Waals surface area contributed by atoms with Crippen LogP contribution in [0.15, 0.2) is 35.2 Å². The van der Waals surface area contributed by atoms with E-state index in [1.54, 1.807) is 6.26 Å². The third-order valence-electron chi connectivity index (χ3n) is 6.30. The molecule has 0 bridgehead atoms. The number of nitrogens with zero attached hydrogens (tertiary/aromatic N) is 4. The average Bonchev–Trinajstić information content (AvgIpc) is 3.40. The number of halogens is 2. The van der Waals surface area contributed by atoms with E-state index >= 15 is 0 Å². The Hall–Kier alpha value is -3.20. The SMILES string of the molecule is Cc1nocc1-c1ccc2c(n1)CC=C2c1nc(N[C@H]2CC[C@H](C)NC2)ncc1C(C)(F)F. The molecule has 0 aromatic carbocycles. The second-order valence-corrected chi connectivity index (χ2v) is 8.90. The lowest BCUT2D eigenvalue weighted by Gasteiger charge is -2.28. The fourth-order valence-corrected chi connectivity index (χ4v) is 4.41. The van der Waals surface area contributed by atoms with Crippen LogP contribution in [0.4, 0.5) is 14.7 Å². The fraction of sp³-hybridized carbons (Fsp3) is 0.417. The fourth-order valence-electron chi connectivity index (χ4n) is 4.41. The minimum atomic E-state index is -3.08. The van der Waals surface area contributed by atoms with Crippen LogP contribution in [0.5, 0.6) is 0 Å². The highest BCUT2D eigenvalue weighted by atomic mass is 19.3. The van der Waals surface area contributed by atoms with Crippen LogP contribution in [0.2, 0.25) is 0 Å². The van der Waals surface area contributed by atoms with Crippen molar-refractivity contribution in [1.82, 2.24) is 25.4 Å². The Morgan fingerprint density at radius 1 is 1.18 bits per heavy atom. The summed E-state index contributed by atoms with van der Waals surface area (Å²) >= 11 is 0. The predicted molar refractivity (Wildman–Crippen MR) is 121 cm³/mol. The van der Waals surface area contributed by atoms with Gasteiger partial charge in [0.15, 0.2) is 0 Å². The minimum Gasteiger partial charge on any atom is -0.364 e. The lowest BCUT2D eigenvalue weighted by atomic mass is 9.99. The minimum absolute atomic E-state index is 0.155. The standard InChI is InChI=1S/C24H26F2N6O/c1-13-4-5-15(10-27-13)29-23-28-11-19(24(3,25)26)22(31-23)17-7-9-20-16(17)6-8-21(30-20)18-12-33-32-14(18)2/h6-8,11-13,15,27H,4-5,9-10H2,1-3H3,(H,28,29,31)/t13-,15-/m0/s1. The van der Waals surface area contributed by atoms with Crippen LogP contribution in [0.1, 0.15) is 54.9 Å². The van der Waals surface area contributed by atoms with E-state index in [2.05, 4.69) is 32.7 Å². The van der Waals surface area contributed by atoms with E-state index in [1.807, 2.05) is 25.1 Å². The highest BCUT2D eigenvalue weighted by Gasteiger charge is 2.33. The molecule has 1 aliphatic carbocycles. The largest absolute Gasteiger partial charge is 0.364 e. The molecule has 4 heterocycles. The van der Waals surface area contributed by atoms with E-state index < -0.39 is 5.92 Å². The molecular formula is C24H26F2N6O. The number of piperidine rings is 1. The molecule has 2 N–H and O–H groups in total. The van der Waals surface area contributed by atoms with Gasteiger partial charge in [-0.3, -0.25) is 4.98 Å². The van der Waals surface area contributed by atoms with Crippen LogP contribution < -0.4 is 10.6 Å². The van der Waals surface area contributed by atoms with Gasteiger partial charge in [-0.15, -0.1) is 0 Å². The number of pyridine rings is 1. The number of allylic oxidation sites excluding steroid dienone is 1. The normalized spacial score (nSPS) is 20.5. The summed E-state index contributed by atoms with van der Waals surface area (Å²) in [6, 6.07) is 4.39. The van der Waals surface area contributed by atoms with Crippen molar-refractivity contribution >= 4 is 11.5 Å². The molecule has 2 aliphatic rings. The summed E-state index contributed by atoms with van der Waals surface area (Å²) in [5.41, 5.74) is 4.63. The van der Waals surface area contributed by atoms with Crippen molar-refractivity contribution in [2.24, 2.45) is 0 Å². The lowest BCUT2D eigenvalue weighted by Crippen LogP contribution is -2.43. The monoisotopic (exact) mass is 452 g/mol. The Bertz CT molecular complexity index is 1210. The van der Waals surface area contributed by atoms with Crippen LogP contribution in [-0.2, 0) is 12.3 Å². The quantitative estimate of drug-likeness (QED) is 0.590. The van der Waals surface area contributed by atoms with Crippen molar-refractivity contribution < 1.29 is 13.3 Å². The Morgan fingerprint density at radius 3 is 2.73 bits per heavy atom. The van der Waals surface area contributed by atoms with E-state index in [1.165, 1.54) is 6.20 Å². The number of aryl methyl sites for hydroxylation is 1. The van der Waals surface area contributed by atoms with Gasteiger partial charge >= 0.3 is 0 Å². The Balaban J connectivity index is 1.49. The molecule has 172 valence electrons. The number of fused-ring (bicyclic) bond motifs is 1. The lowest BCUT2D eigenvalue weighted by molar-refractivity contribution is 0.0165. The maximum atomic E-state index is 14.5. The molecule has 9 heteroatoms. The molecule has 0 spiro atoms. The molecule has 2 atom stereocenters. The molecule has 1 aliphatic heterocycles. The van der Waals surface area contributed by atoms with Crippen LogP contribution >= 0.6 is 0 Å². The molecule has 0 saturated carbocycles. The van der Waals surface area contributed by atoms with E-state index in [4.69, 9.17) is 9.51 Å². The first kappa shape index (κ1) is 21.6. The number of rotatable bonds is 5. The Kier molecular flexibility index (Phi) is 5.44. The maximum Gasteiger partial charge on any atom is 0.274 e. The summed E-state index contributed by atoms with van der Waals surface area (Å²) in [5.74, 6) is -2.72. The second kappa shape index (κ2) is 8.30. The number of alkyl halides is 2. The molecule has 1 fully saturated rings. The molecule has 1 saturated heterocycles. The number of hydrogen-bond acceptors (Lipinski definition) is 7. The maximum absolute atomic E-state index is 14.5. The third-order valence-corrected chi connectivity index (χ3v) is 6.30. The first-order valence-electron chi connectivity index (χ1n) is 11.2. The number of nitrogens with one attached hydrogen (secondary N) is 2. The summed E-state index contributed by atoms with van der Waals surface area (Å²) in [7, 11) is 0. The van der Waals surface area contributed by atoms with Crippen LogP contribution in [0.25, 0.3) is 16.8 Å². The van der Waals surface area contributed by atoms with Gasteiger partial charge in [0, 0.05) is 49.3 Å². The van der Waals surface area contributed by atoms with Crippen molar-refractivity contribution in [2.45, 2.75) is 58.0 Å². The zero-order chi connectivity index (χ0) is 23.2. The zero-order valence-corrected chi connectivity index (χ0v) is 18.8. The van der Waals surface area contributed by atoms with Gasteiger partial charge in [-0.1, -0.05) is 17.3 Å². The van der Waals surface area contributed by atoms with E-state index in [0.717, 1.165) is 54.5 Å². The molecule has 33 heavy (non-hydrogen) atoms. The summed E-state index contributed by atoms with van der Waals surface area (Å²) in [6.07, 6.45) is 7.26. The Labute approximate surface area is 190 Å². The molecule has 0 amide bonds. The van der Waals surface area contributed by atoms with Crippen molar-refractivity contribution in [3.8, 4) is 11.3 Å². The zero-order valence-electron chi connectivity index (χ0n) is 18.8. The van der Waals surface area contributed by atoms with Crippen LogP contribution in [-0.4, -0.2) is 38.7 Å². The topological polar surface area (TPSA) is 88.8 Å². The van der Waals surface area contributed by atoms with Crippen LogP contribution in [0, 0.1) is 6.92 Å². The summed E-state index contributed by atoms with van der Waals surface area (Å²) in [5, 5.41) is 10.6. The van der Waals surface area contributed by atoms with Crippen molar-refractivity contribution in [1.29, 1.82) is 0 Å². The molecule has 0 radical (unpaired) electrons. The van der Waals surface area contributed by atoms with Gasteiger partial charge in [0.25, 0.3) is 5.92 Å². The first-order chi connectivity index (χ1) is 15.8. The van der Waals surface area contributed by atoms with Crippen LogP contribution in [0.3, 0.4) is 0 Å². The highest BCUT2D eigenvalue weighted by Crippen LogP contribution is 2.39. The van der Waals surface area contributed by atoms with Gasteiger partial charge in [0.2, 0.25) is 5.95 Å².